The van der Waals surface area contributed by atoms with Crippen LogP contribution in [0.4, 0.5) is 13.2 Å². The van der Waals surface area contributed by atoms with E-state index < -0.39 is 12.1 Å². The summed E-state index contributed by atoms with van der Waals surface area (Å²) in [7, 11) is 0. The average molecular weight is 202 g/mol. The Morgan fingerprint density at radius 3 is 2.93 bits per heavy atom. The molecule has 1 N–H and O–H groups in total. The van der Waals surface area contributed by atoms with Gasteiger partial charge in [0.05, 0.1) is 5.70 Å². The van der Waals surface area contributed by atoms with Gasteiger partial charge in [-0.15, -0.1) is 0 Å². The molecule has 5 heteroatoms. The zero-order valence-corrected chi connectivity index (χ0v) is 7.30. The van der Waals surface area contributed by atoms with Gasteiger partial charge in [0.2, 0.25) is 0 Å². The summed E-state index contributed by atoms with van der Waals surface area (Å²) in [6, 6.07) is 0. The summed E-state index contributed by atoms with van der Waals surface area (Å²) >= 11 is 0. The molecule has 1 atom stereocenters. The van der Waals surface area contributed by atoms with Crippen LogP contribution in [-0.4, -0.2) is 25.5 Å². The molecule has 0 aromatic carbocycles. The van der Waals surface area contributed by atoms with Gasteiger partial charge in [-0.2, -0.15) is 13.2 Å². The van der Waals surface area contributed by atoms with Crippen LogP contribution >= 0.6 is 0 Å². The van der Waals surface area contributed by atoms with E-state index >= 15 is 0 Å². The lowest BCUT2D eigenvalue weighted by Gasteiger charge is -2.22. The monoisotopic (exact) mass is 202 g/mol. The van der Waals surface area contributed by atoms with E-state index in [4.69, 9.17) is 0 Å². The Balaban J connectivity index is 2.26. The molecular formula is C9H9F3N2. The van der Waals surface area contributed by atoms with Gasteiger partial charge in [-0.25, -0.2) is 0 Å². The Labute approximate surface area is 79.2 Å². The number of aliphatic imine (C=N–C) groups is 1. The van der Waals surface area contributed by atoms with Crippen LogP contribution in [0.3, 0.4) is 0 Å². The standard InChI is InChI=1S/C9H9F3N2/c10-9(11,12)7-3-6-4-13-2-1-8(6)14-5-7/h1,3,5,7,13H,2,4H2. The fourth-order valence-electron chi connectivity index (χ4n) is 1.48. The summed E-state index contributed by atoms with van der Waals surface area (Å²) in [5, 5.41) is 2.97. The van der Waals surface area contributed by atoms with E-state index in [-0.39, 0.29) is 0 Å². The van der Waals surface area contributed by atoms with Gasteiger partial charge in [0.25, 0.3) is 0 Å². The molecule has 0 radical (unpaired) electrons. The van der Waals surface area contributed by atoms with E-state index in [2.05, 4.69) is 10.3 Å². The van der Waals surface area contributed by atoms with Crippen LogP contribution in [0, 0.1) is 5.92 Å². The molecule has 0 saturated heterocycles. The molecule has 1 unspecified atom stereocenters. The van der Waals surface area contributed by atoms with Crippen molar-refractivity contribution in [3.05, 3.63) is 23.4 Å². The molecule has 0 aromatic heterocycles. The minimum atomic E-state index is -4.22. The topological polar surface area (TPSA) is 24.4 Å². The Bertz CT molecular complexity index is 325. The number of hydrogen-bond donors (Lipinski definition) is 1. The highest BCUT2D eigenvalue weighted by Gasteiger charge is 2.38. The molecule has 0 fully saturated rings. The second-order valence-electron chi connectivity index (χ2n) is 3.26. The fourth-order valence-corrected chi connectivity index (χ4v) is 1.48. The molecule has 2 rings (SSSR count). The average Bonchev–Trinajstić information content (AvgIpc) is 2.16. The van der Waals surface area contributed by atoms with E-state index in [0.717, 1.165) is 6.21 Å². The lowest BCUT2D eigenvalue weighted by molar-refractivity contribution is -0.142. The summed E-state index contributed by atoms with van der Waals surface area (Å²) in [6.07, 6.45) is -0.246. The molecule has 0 amide bonds. The molecular weight excluding hydrogens is 193 g/mol. The van der Waals surface area contributed by atoms with Crippen molar-refractivity contribution >= 4 is 6.21 Å². The maximum atomic E-state index is 12.3. The summed E-state index contributed by atoms with van der Waals surface area (Å²) in [4.78, 5) is 3.81. The van der Waals surface area contributed by atoms with Gasteiger partial charge in [-0.3, -0.25) is 4.99 Å². The minimum Gasteiger partial charge on any atom is -0.309 e. The summed E-state index contributed by atoms with van der Waals surface area (Å²) in [5.41, 5.74) is 1.31. The first-order valence-electron chi connectivity index (χ1n) is 4.30. The van der Waals surface area contributed by atoms with E-state index in [0.29, 0.717) is 24.4 Å². The Hall–Kier alpha value is -1.10. The van der Waals surface area contributed by atoms with Gasteiger partial charge in [-0.05, 0) is 11.6 Å². The highest BCUT2D eigenvalue weighted by Crippen LogP contribution is 2.31. The lowest BCUT2D eigenvalue weighted by Crippen LogP contribution is -2.29. The van der Waals surface area contributed by atoms with Crippen LogP contribution in [0.1, 0.15) is 0 Å². The van der Waals surface area contributed by atoms with Crippen molar-refractivity contribution in [3.63, 3.8) is 0 Å². The summed E-state index contributed by atoms with van der Waals surface area (Å²) < 4.78 is 37.0. The molecule has 0 aromatic rings. The van der Waals surface area contributed by atoms with Gasteiger partial charge in [-0.1, -0.05) is 6.08 Å². The first-order valence-corrected chi connectivity index (χ1v) is 4.30. The Morgan fingerprint density at radius 1 is 1.43 bits per heavy atom. The number of alkyl halides is 3. The van der Waals surface area contributed by atoms with Gasteiger partial charge >= 0.3 is 6.18 Å². The molecule has 2 nitrogen and oxygen atoms in total. The Morgan fingerprint density at radius 2 is 2.21 bits per heavy atom. The van der Waals surface area contributed by atoms with Gasteiger partial charge in [0, 0.05) is 19.3 Å². The van der Waals surface area contributed by atoms with E-state index in [9.17, 15) is 13.2 Å². The predicted molar refractivity (Wildman–Crippen MR) is 47.1 cm³/mol. The van der Waals surface area contributed by atoms with Crippen LogP contribution in [0.15, 0.2) is 28.4 Å². The highest BCUT2D eigenvalue weighted by molar-refractivity contribution is 5.70. The predicted octanol–water partition coefficient (Wildman–Crippen LogP) is 1.66. The third-order valence-electron chi connectivity index (χ3n) is 2.22. The second kappa shape index (κ2) is 3.24. The van der Waals surface area contributed by atoms with Crippen LogP contribution in [-0.2, 0) is 0 Å². The minimum absolute atomic E-state index is 0.468. The van der Waals surface area contributed by atoms with Crippen LogP contribution in [0.2, 0.25) is 0 Å². The summed E-state index contributed by atoms with van der Waals surface area (Å²) in [5.74, 6) is -1.53. The van der Waals surface area contributed by atoms with Crippen molar-refractivity contribution in [2.45, 2.75) is 6.18 Å². The van der Waals surface area contributed by atoms with Crippen LogP contribution in [0.25, 0.3) is 0 Å². The normalized spacial score (nSPS) is 26.6. The third kappa shape index (κ3) is 1.72. The third-order valence-corrected chi connectivity index (χ3v) is 2.22. The van der Waals surface area contributed by atoms with Crippen molar-refractivity contribution in [1.29, 1.82) is 0 Å². The fraction of sp³-hybridized carbons (Fsp3) is 0.444. The quantitative estimate of drug-likeness (QED) is 0.634. The van der Waals surface area contributed by atoms with E-state index in [1.807, 2.05) is 0 Å². The Kier molecular flexibility index (Phi) is 2.19. The van der Waals surface area contributed by atoms with Crippen molar-refractivity contribution in [2.24, 2.45) is 10.9 Å². The zero-order chi connectivity index (χ0) is 10.2. The molecule has 14 heavy (non-hydrogen) atoms. The number of dihydropyridines is 1. The first-order chi connectivity index (χ1) is 6.57. The summed E-state index contributed by atoms with van der Waals surface area (Å²) in [6.45, 7) is 1.14. The van der Waals surface area contributed by atoms with Crippen LogP contribution in [0.5, 0.6) is 0 Å². The lowest BCUT2D eigenvalue weighted by atomic mass is 9.99. The molecule has 2 heterocycles. The van der Waals surface area contributed by atoms with E-state index in [1.54, 1.807) is 6.08 Å². The number of halogens is 3. The van der Waals surface area contributed by atoms with Crippen molar-refractivity contribution in [3.8, 4) is 0 Å². The number of nitrogens with zero attached hydrogens (tertiary/aromatic N) is 1. The molecule has 2 aliphatic heterocycles. The van der Waals surface area contributed by atoms with Gasteiger partial charge < -0.3 is 5.32 Å². The zero-order valence-electron chi connectivity index (χ0n) is 7.30. The highest BCUT2D eigenvalue weighted by atomic mass is 19.4. The number of fused-ring (bicyclic) bond motifs is 1. The number of allylic oxidation sites excluding steroid dienone is 1. The molecule has 76 valence electrons. The molecule has 2 aliphatic rings. The number of nitrogens with one attached hydrogen (secondary N) is 1. The molecule has 0 spiro atoms. The molecule has 0 aliphatic carbocycles. The smallest absolute Gasteiger partial charge is 0.309 e. The maximum Gasteiger partial charge on any atom is 0.400 e. The molecule has 0 bridgehead atoms. The van der Waals surface area contributed by atoms with Gasteiger partial charge in [0.15, 0.2) is 0 Å². The van der Waals surface area contributed by atoms with Crippen molar-refractivity contribution in [2.75, 3.05) is 13.1 Å². The van der Waals surface area contributed by atoms with E-state index in [1.165, 1.54) is 6.08 Å². The van der Waals surface area contributed by atoms with Crippen LogP contribution < -0.4 is 5.32 Å². The first kappa shape index (κ1) is 9.45. The second-order valence-corrected chi connectivity index (χ2v) is 3.26. The number of hydrogen-bond acceptors (Lipinski definition) is 2. The molecule has 0 saturated carbocycles. The largest absolute Gasteiger partial charge is 0.400 e. The SMILES string of the molecule is FC(F)(F)C1C=NC2=CCNCC2=C1. The van der Waals surface area contributed by atoms with Crippen molar-refractivity contribution < 1.29 is 13.2 Å². The maximum absolute atomic E-state index is 12.3. The number of rotatable bonds is 0. The van der Waals surface area contributed by atoms with Gasteiger partial charge in [0.1, 0.15) is 5.92 Å². The van der Waals surface area contributed by atoms with Crippen molar-refractivity contribution in [1.82, 2.24) is 5.32 Å².